The highest BCUT2D eigenvalue weighted by atomic mass is 28.3. The Balaban J connectivity index is 2.82. The molecule has 0 bridgehead atoms. The third-order valence-electron chi connectivity index (χ3n) is 2.80. The van der Waals surface area contributed by atoms with Gasteiger partial charge in [0, 0.05) is 12.2 Å². The van der Waals surface area contributed by atoms with Crippen molar-refractivity contribution in [2.75, 3.05) is 11.9 Å². The molecule has 2 heteroatoms. The molecule has 0 saturated heterocycles. The van der Waals surface area contributed by atoms with Gasteiger partial charge in [-0.2, -0.15) is 0 Å². The van der Waals surface area contributed by atoms with Gasteiger partial charge in [-0.05, 0) is 31.0 Å². The molecule has 0 radical (unpaired) electrons. The molecule has 1 nitrogen and oxygen atoms in total. The van der Waals surface area contributed by atoms with Gasteiger partial charge in [0.2, 0.25) is 0 Å². The van der Waals surface area contributed by atoms with Crippen LogP contribution in [0.15, 0.2) is 18.2 Å². The lowest BCUT2D eigenvalue weighted by Gasteiger charge is -2.19. The van der Waals surface area contributed by atoms with Crippen molar-refractivity contribution in [1.82, 2.24) is 0 Å². The number of unbranched alkanes of at least 4 members (excludes halogenated alkanes) is 1. The molecule has 0 unspecified atom stereocenters. The first-order chi connectivity index (χ1) is 7.43. The number of rotatable bonds is 5. The van der Waals surface area contributed by atoms with Gasteiger partial charge in [0.05, 0.1) is 8.07 Å². The lowest BCUT2D eigenvalue weighted by atomic mass is 10.2. The minimum Gasteiger partial charge on any atom is -0.385 e. The largest absolute Gasteiger partial charge is 0.385 e. The summed E-state index contributed by atoms with van der Waals surface area (Å²) in [7, 11) is -1.18. The van der Waals surface area contributed by atoms with Gasteiger partial charge in [0.15, 0.2) is 0 Å². The standard InChI is InChI=1S/C14H25NSi/c1-6-7-8-15-13-9-12(2)10-14(11-13)16(3,4)5/h9-11,15H,6-8H2,1-5H3. The zero-order valence-electron chi connectivity index (χ0n) is 11.4. The monoisotopic (exact) mass is 235 g/mol. The van der Waals surface area contributed by atoms with Crippen LogP contribution < -0.4 is 10.5 Å². The molecule has 0 amide bonds. The molecular weight excluding hydrogens is 210 g/mol. The predicted octanol–water partition coefficient (Wildman–Crippen LogP) is 3.75. The van der Waals surface area contributed by atoms with E-state index in [2.05, 4.69) is 57.0 Å². The van der Waals surface area contributed by atoms with E-state index in [4.69, 9.17) is 0 Å². The van der Waals surface area contributed by atoms with Crippen molar-refractivity contribution in [2.45, 2.75) is 46.3 Å². The van der Waals surface area contributed by atoms with Gasteiger partial charge >= 0.3 is 0 Å². The van der Waals surface area contributed by atoms with Gasteiger partial charge in [0.25, 0.3) is 0 Å². The average Bonchev–Trinajstić information content (AvgIpc) is 2.16. The molecule has 0 saturated carbocycles. The van der Waals surface area contributed by atoms with Crippen molar-refractivity contribution in [1.29, 1.82) is 0 Å². The Morgan fingerprint density at radius 1 is 1.12 bits per heavy atom. The molecule has 0 aromatic heterocycles. The lowest BCUT2D eigenvalue weighted by Crippen LogP contribution is -2.37. The van der Waals surface area contributed by atoms with Crippen LogP contribution in [0.2, 0.25) is 19.6 Å². The molecule has 0 spiro atoms. The summed E-state index contributed by atoms with van der Waals surface area (Å²) in [6, 6.07) is 6.94. The summed E-state index contributed by atoms with van der Waals surface area (Å²) in [6.45, 7) is 12.7. The number of aryl methyl sites for hydroxylation is 1. The van der Waals surface area contributed by atoms with Crippen LogP contribution in [0.5, 0.6) is 0 Å². The predicted molar refractivity (Wildman–Crippen MR) is 77.6 cm³/mol. The Kier molecular flexibility index (Phi) is 4.60. The highest BCUT2D eigenvalue weighted by molar-refractivity contribution is 6.88. The van der Waals surface area contributed by atoms with Crippen molar-refractivity contribution >= 4 is 18.9 Å². The van der Waals surface area contributed by atoms with Gasteiger partial charge in [-0.3, -0.25) is 0 Å². The number of anilines is 1. The van der Waals surface area contributed by atoms with E-state index >= 15 is 0 Å². The van der Waals surface area contributed by atoms with E-state index < -0.39 is 8.07 Å². The van der Waals surface area contributed by atoms with Crippen molar-refractivity contribution < 1.29 is 0 Å². The number of nitrogens with one attached hydrogen (secondary N) is 1. The molecular formula is C14H25NSi. The van der Waals surface area contributed by atoms with Crippen LogP contribution in [0.3, 0.4) is 0 Å². The molecule has 0 aliphatic rings. The smallest absolute Gasteiger partial charge is 0.0777 e. The summed E-state index contributed by atoms with van der Waals surface area (Å²) in [5.74, 6) is 0. The number of benzene rings is 1. The van der Waals surface area contributed by atoms with E-state index in [-0.39, 0.29) is 0 Å². The molecule has 1 aromatic carbocycles. The second-order valence-corrected chi connectivity index (χ2v) is 10.7. The maximum atomic E-state index is 3.52. The molecule has 1 rings (SSSR count). The van der Waals surface area contributed by atoms with Crippen LogP contribution in [-0.4, -0.2) is 14.6 Å². The minimum absolute atomic E-state index is 1.09. The molecule has 0 fully saturated rings. The molecule has 16 heavy (non-hydrogen) atoms. The average molecular weight is 235 g/mol. The van der Waals surface area contributed by atoms with Gasteiger partial charge in [-0.1, -0.05) is 44.2 Å². The van der Waals surface area contributed by atoms with E-state index in [0.717, 1.165) is 6.54 Å². The van der Waals surface area contributed by atoms with Gasteiger partial charge in [0.1, 0.15) is 0 Å². The minimum atomic E-state index is -1.18. The molecule has 0 aliphatic carbocycles. The maximum Gasteiger partial charge on any atom is 0.0777 e. The zero-order valence-corrected chi connectivity index (χ0v) is 12.4. The number of hydrogen-bond donors (Lipinski definition) is 1. The summed E-state index contributed by atoms with van der Waals surface area (Å²) in [6.07, 6.45) is 2.50. The van der Waals surface area contributed by atoms with E-state index in [1.807, 2.05) is 0 Å². The third-order valence-corrected chi connectivity index (χ3v) is 4.82. The normalized spacial score (nSPS) is 11.6. The maximum absolute atomic E-state index is 3.52. The highest BCUT2D eigenvalue weighted by Gasteiger charge is 2.16. The van der Waals surface area contributed by atoms with Gasteiger partial charge in [-0.15, -0.1) is 0 Å². The van der Waals surface area contributed by atoms with E-state index in [1.54, 1.807) is 5.19 Å². The Hall–Kier alpha value is -0.763. The molecule has 90 valence electrons. The summed E-state index contributed by atoms with van der Waals surface area (Å²) >= 11 is 0. The molecule has 0 heterocycles. The quantitative estimate of drug-likeness (QED) is 0.605. The third kappa shape index (κ3) is 4.01. The summed E-state index contributed by atoms with van der Waals surface area (Å²) < 4.78 is 0. The summed E-state index contributed by atoms with van der Waals surface area (Å²) in [4.78, 5) is 0. The van der Waals surface area contributed by atoms with Gasteiger partial charge in [-0.25, -0.2) is 0 Å². The second kappa shape index (κ2) is 5.53. The summed E-state index contributed by atoms with van der Waals surface area (Å²) in [5.41, 5.74) is 2.67. The molecule has 1 N–H and O–H groups in total. The Labute approximate surface area is 101 Å². The van der Waals surface area contributed by atoms with Crippen molar-refractivity contribution in [3.63, 3.8) is 0 Å². The van der Waals surface area contributed by atoms with Crippen LogP contribution in [0, 0.1) is 6.92 Å². The number of hydrogen-bond acceptors (Lipinski definition) is 1. The van der Waals surface area contributed by atoms with Crippen LogP contribution >= 0.6 is 0 Å². The van der Waals surface area contributed by atoms with Crippen molar-refractivity contribution in [3.8, 4) is 0 Å². The first-order valence-electron chi connectivity index (χ1n) is 6.29. The second-order valence-electron chi connectivity index (χ2n) is 5.62. The first kappa shape index (κ1) is 13.3. The molecule has 1 aromatic rings. The Morgan fingerprint density at radius 2 is 1.81 bits per heavy atom. The molecule has 0 atom stereocenters. The highest BCUT2D eigenvalue weighted by Crippen LogP contribution is 2.12. The Bertz CT molecular complexity index is 339. The molecule has 0 aliphatic heterocycles. The van der Waals surface area contributed by atoms with E-state index in [1.165, 1.54) is 24.1 Å². The summed E-state index contributed by atoms with van der Waals surface area (Å²) in [5, 5.41) is 5.07. The SMILES string of the molecule is CCCCNc1cc(C)cc([Si](C)(C)C)c1. The lowest BCUT2D eigenvalue weighted by molar-refractivity contribution is 0.834. The van der Waals surface area contributed by atoms with Crippen molar-refractivity contribution in [3.05, 3.63) is 23.8 Å². The van der Waals surface area contributed by atoms with Crippen LogP contribution in [0.25, 0.3) is 0 Å². The fourth-order valence-corrected chi connectivity index (χ4v) is 2.98. The first-order valence-corrected chi connectivity index (χ1v) is 9.79. The topological polar surface area (TPSA) is 12.0 Å². The fourth-order valence-electron chi connectivity index (χ4n) is 1.73. The van der Waals surface area contributed by atoms with Gasteiger partial charge < -0.3 is 5.32 Å². The van der Waals surface area contributed by atoms with Crippen LogP contribution in [0.1, 0.15) is 25.3 Å². The van der Waals surface area contributed by atoms with E-state index in [9.17, 15) is 0 Å². The van der Waals surface area contributed by atoms with Crippen LogP contribution in [0.4, 0.5) is 5.69 Å². The zero-order chi connectivity index (χ0) is 12.2. The van der Waals surface area contributed by atoms with E-state index in [0.29, 0.717) is 0 Å². The van der Waals surface area contributed by atoms with Crippen molar-refractivity contribution in [2.24, 2.45) is 0 Å². The Morgan fingerprint density at radius 3 is 2.38 bits per heavy atom. The fraction of sp³-hybridized carbons (Fsp3) is 0.571. The van der Waals surface area contributed by atoms with Crippen LogP contribution in [-0.2, 0) is 0 Å².